The predicted octanol–water partition coefficient (Wildman–Crippen LogP) is 2.34. The molecule has 1 N–H and O–H groups in total. The number of alkyl halides is 1. The standard InChI is InChI=1S/C19H18FN3O2/c1-12-5-6-13-3-2-4-16(17(13)7-12)19(25)22-10-18(24)23-11-14(20)8-15(23)9-21/h2-7,14-15H,8,10-11H2,1H3,(H,22,25)/t14?,15-/m0/s1. The first-order chi connectivity index (χ1) is 12.0. The smallest absolute Gasteiger partial charge is 0.252 e. The molecule has 2 atom stereocenters. The zero-order valence-electron chi connectivity index (χ0n) is 13.8. The monoisotopic (exact) mass is 339 g/mol. The number of nitrogens with one attached hydrogen (secondary N) is 1. The van der Waals surface area contributed by atoms with Crippen LogP contribution in [-0.4, -0.2) is 42.0 Å². The second-order valence-corrected chi connectivity index (χ2v) is 6.24. The highest BCUT2D eigenvalue weighted by Gasteiger charge is 2.35. The Labute approximate surface area is 145 Å². The molecule has 1 heterocycles. The first-order valence-corrected chi connectivity index (χ1v) is 8.10. The molecule has 1 aliphatic heterocycles. The van der Waals surface area contributed by atoms with Crippen LogP contribution in [0.2, 0.25) is 0 Å². The maximum Gasteiger partial charge on any atom is 0.252 e. The summed E-state index contributed by atoms with van der Waals surface area (Å²) in [6.45, 7) is 1.59. The number of rotatable bonds is 3. The number of hydrogen-bond acceptors (Lipinski definition) is 3. The lowest BCUT2D eigenvalue weighted by atomic mass is 10.0. The van der Waals surface area contributed by atoms with Gasteiger partial charge >= 0.3 is 0 Å². The third-order valence-electron chi connectivity index (χ3n) is 4.40. The fourth-order valence-electron chi connectivity index (χ4n) is 3.12. The van der Waals surface area contributed by atoms with Crippen molar-refractivity contribution >= 4 is 22.6 Å². The summed E-state index contributed by atoms with van der Waals surface area (Å²) < 4.78 is 13.4. The fourth-order valence-corrected chi connectivity index (χ4v) is 3.12. The van der Waals surface area contributed by atoms with Crippen LogP contribution in [0.5, 0.6) is 0 Å². The number of halogens is 1. The second-order valence-electron chi connectivity index (χ2n) is 6.24. The van der Waals surface area contributed by atoms with E-state index in [1.165, 1.54) is 4.90 Å². The third-order valence-corrected chi connectivity index (χ3v) is 4.40. The SMILES string of the molecule is Cc1ccc2cccc(C(=O)NCC(=O)N3CC(F)C[C@H]3C#N)c2c1. The highest BCUT2D eigenvalue weighted by molar-refractivity contribution is 6.08. The van der Waals surface area contributed by atoms with Gasteiger partial charge in [-0.1, -0.05) is 35.9 Å². The number of likely N-dealkylation sites (tertiary alicyclic amines) is 1. The van der Waals surface area contributed by atoms with Crippen molar-refractivity contribution in [2.24, 2.45) is 0 Å². The van der Waals surface area contributed by atoms with E-state index >= 15 is 0 Å². The van der Waals surface area contributed by atoms with Gasteiger partial charge in [-0.25, -0.2) is 4.39 Å². The molecule has 25 heavy (non-hydrogen) atoms. The minimum absolute atomic E-state index is 0.0266. The number of nitriles is 1. The number of carbonyl (C=O) groups excluding carboxylic acids is 2. The van der Waals surface area contributed by atoms with Crippen LogP contribution in [0.3, 0.4) is 0 Å². The minimum Gasteiger partial charge on any atom is -0.343 e. The summed E-state index contributed by atoms with van der Waals surface area (Å²) in [5, 5.41) is 13.3. The van der Waals surface area contributed by atoms with Gasteiger partial charge in [-0.3, -0.25) is 9.59 Å². The number of amides is 2. The summed E-state index contributed by atoms with van der Waals surface area (Å²) in [4.78, 5) is 25.9. The van der Waals surface area contributed by atoms with E-state index in [0.29, 0.717) is 5.56 Å². The van der Waals surface area contributed by atoms with Crippen LogP contribution in [0.15, 0.2) is 36.4 Å². The van der Waals surface area contributed by atoms with E-state index in [-0.39, 0.29) is 25.4 Å². The molecule has 1 fully saturated rings. The summed E-state index contributed by atoms with van der Waals surface area (Å²) in [7, 11) is 0. The van der Waals surface area contributed by atoms with Crippen molar-refractivity contribution in [3.8, 4) is 6.07 Å². The van der Waals surface area contributed by atoms with E-state index in [0.717, 1.165) is 16.3 Å². The average molecular weight is 339 g/mol. The number of carbonyl (C=O) groups is 2. The Hall–Kier alpha value is -2.94. The van der Waals surface area contributed by atoms with Gasteiger partial charge in [0.25, 0.3) is 5.91 Å². The van der Waals surface area contributed by atoms with Crippen molar-refractivity contribution in [2.75, 3.05) is 13.1 Å². The molecule has 3 rings (SSSR count). The molecule has 0 aromatic heterocycles. The molecule has 0 aliphatic carbocycles. The second kappa shape index (κ2) is 6.89. The van der Waals surface area contributed by atoms with Crippen molar-refractivity contribution in [3.05, 3.63) is 47.5 Å². The molecule has 128 valence electrons. The molecule has 0 spiro atoms. The summed E-state index contributed by atoms with van der Waals surface area (Å²) in [6.07, 6.45) is -1.16. The molecule has 1 saturated heterocycles. The lowest BCUT2D eigenvalue weighted by molar-refractivity contribution is -0.130. The fraction of sp³-hybridized carbons (Fsp3) is 0.316. The molecule has 5 nitrogen and oxygen atoms in total. The summed E-state index contributed by atoms with van der Waals surface area (Å²) in [6, 6.07) is 12.4. The highest BCUT2D eigenvalue weighted by Crippen LogP contribution is 2.21. The van der Waals surface area contributed by atoms with Gasteiger partial charge in [-0.05, 0) is 23.8 Å². The van der Waals surface area contributed by atoms with Gasteiger partial charge in [0.1, 0.15) is 12.2 Å². The Morgan fingerprint density at radius 2 is 2.16 bits per heavy atom. The Morgan fingerprint density at radius 1 is 1.36 bits per heavy atom. The molecule has 0 bridgehead atoms. The van der Waals surface area contributed by atoms with Crippen LogP contribution in [0.1, 0.15) is 22.3 Å². The Bertz CT molecular complexity index is 875. The maximum absolute atomic E-state index is 13.4. The van der Waals surface area contributed by atoms with Crippen LogP contribution in [0, 0.1) is 18.3 Å². The van der Waals surface area contributed by atoms with Crippen molar-refractivity contribution in [1.82, 2.24) is 10.2 Å². The van der Waals surface area contributed by atoms with Gasteiger partial charge < -0.3 is 10.2 Å². The van der Waals surface area contributed by atoms with Gasteiger partial charge in [0.2, 0.25) is 5.91 Å². The zero-order valence-corrected chi connectivity index (χ0v) is 13.8. The van der Waals surface area contributed by atoms with Crippen LogP contribution < -0.4 is 5.32 Å². The van der Waals surface area contributed by atoms with Gasteiger partial charge in [0.15, 0.2) is 0 Å². The van der Waals surface area contributed by atoms with Gasteiger partial charge in [-0.15, -0.1) is 0 Å². The predicted molar refractivity (Wildman–Crippen MR) is 91.6 cm³/mol. The Kier molecular flexibility index (Phi) is 4.66. The van der Waals surface area contributed by atoms with Crippen molar-refractivity contribution in [3.63, 3.8) is 0 Å². The topological polar surface area (TPSA) is 73.2 Å². The Morgan fingerprint density at radius 3 is 2.92 bits per heavy atom. The van der Waals surface area contributed by atoms with Crippen molar-refractivity contribution < 1.29 is 14.0 Å². The van der Waals surface area contributed by atoms with Crippen LogP contribution in [0.25, 0.3) is 10.8 Å². The van der Waals surface area contributed by atoms with E-state index in [2.05, 4.69) is 5.32 Å². The largest absolute Gasteiger partial charge is 0.343 e. The van der Waals surface area contributed by atoms with Crippen LogP contribution >= 0.6 is 0 Å². The van der Waals surface area contributed by atoms with E-state index in [1.807, 2.05) is 37.3 Å². The summed E-state index contributed by atoms with van der Waals surface area (Å²) >= 11 is 0. The number of fused-ring (bicyclic) bond motifs is 1. The number of aryl methyl sites for hydroxylation is 1. The quantitative estimate of drug-likeness (QED) is 0.933. The molecular formula is C19H18FN3O2. The van der Waals surface area contributed by atoms with E-state index < -0.39 is 18.1 Å². The van der Waals surface area contributed by atoms with Gasteiger partial charge in [-0.2, -0.15) is 5.26 Å². The summed E-state index contributed by atoms with van der Waals surface area (Å²) in [5.74, 6) is -0.814. The molecule has 2 aromatic carbocycles. The van der Waals surface area contributed by atoms with E-state index in [4.69, 9.17) is 5.26 Å². The third kappa shape index (κ3) is 3.45. The first kappa shape index (κ1) is 16.9. The van der Waals surface area contributed by atoms with Gasteiger partial charge in [0, 0.05) is 12.0 Å². The van der Waals surface area contributed by atoms with Crippen LogP contribution in [-0.2, 0) is 4.79 Å². The van der Waals surface area contributed by atoms with E-state index in [1.54, 1.807) is 12.1 Å². The number of benzene rings is 2. The lowest BCUT2D eigenvalue weighted by Gasteiger charge is -2.19. The highest BCUT2D eigenvalue weighted by atomic mass is 19.1. The first-order valence-electron chi connectivity index (χ1n) is 8.10. The molecule has 6 heteroatoms. The number of hydrogen-bond donors (Lipinski definition) is 1. The molecule has 2 amide bonds. The molecule has 1 aliphatic rings. The Balaban J connectivity index is 1.72. The maximum atomic E-state index is 13.4. The normalized spacial score (nSPS) is 19.6. The molecule has 2 aromatic rings. The lowest BCUT2D eigenvalue weighted by Crippen LogP contribution is -2.42. The van der Waals surface area contributed by atoms with E-state index in [9.17, 15) is 14.0 Å². The molecule has 0 radical (unpaired) electrons. The minimum atomic E-state index is -1.19. The zero-order chi connectivity index (χ0) is 18.0. The molecule has 0 saturated carbocycles. The molecular weight excluding hydrogens is 321 g/mol. The molecule has 1 unspecified atom stereocenters. The van der Waals surface area contributed by atoms with Gasteiger partial charge in [0.05, 0.1) is 19.2 Å². The average Bonchev–Trinajstić information content (AvgIpc) is 2.99. The van der Waals surface area contributed by atoms with Crippen molar-refractivity contribution in [2.45, 2.75) is 25.6 Å². The van der Waals surface area contributed by atoms with Crippen LogP contribution in [0.4, 0.5) is 4.39 Å². The number of nitrogens with zero attached hydrogens (tertiary/aromatic N) is 2. The van der Waals surface area contributed by atoms with Crippen molar-refractivity contribution in [1.29, 1.82) is 5.26 Å². The summed E-state index contributed by atoms with van der Waals surface area (Å²) in [5.41, 5.74) is 1.52.